The van der Waals surface area contributed by atoms with Crippen LogP contribution in [0.4, 0.5) is 0 Å². The first-order valence-electron chi connectivity index (χ1n) is 3.89. The van der Waals surface area contributed by atoms with E-state index in [2.05, 4.69) is 5.32 Å². The van der Waals surface area contributed by atoms with Crippen molar-refractivity contribution in [2.75, 3.05) is 6.54 Å². The molecule has 1 aromatic rings. The van der Waals surface area contributed by atoms with Gasteiger partial charge in [-0.2, -0.15) is 0 Å². The molecule has 0 saturated heterocycles. The first-order chi connectivity index (χ1) is 5.74. The number of nitrogens with one attached hydrogen (secondary N) is 1. The van der Waals surface area contributed by atoms with Crippen LogP contribution in [0.3, 0.4) is 0 Å². The minimum absolute atomic E-state index is 0.302. The van der Waals surface area contributed by atoms with Crippen molar-refractivity contribution >= 4 is 11.6 Å². The molecule has 0 unspecified atom stereocenters. The van der Waals surface area contributed by atoms with E-state index in [4.69, 9.17) is 21.8 Å². The van der Waals surface area contributed by atoms with E-state index in [1.807, 2.05) is 13.0 Å². The van der Waals surface area contributed by atoms with Crippen LogP contribution in [0.2, 0.25) is 5.22 Å². The standard InChI is InChI=1S/C8H13ClN2O/c1-6(4-10)11-5-7-2-3-12-8(7)9/h2-3,6,11H,4-5,10H2,1H3/t6-/m0/s1. The zero-order valence-corrected chi connectivity index (χ0v) is 7.77. The van der Waals surface area contributed by atoms with E-state index < -0.39 is 0 Å². The first kappa shape index (κ1) is 9.58. The Morgan fingerprint density at radius 2 is 2.50 bits per heavy atom. The van der Waals surface area contributed by atoms with Crippen molar-refractivity contribution in [1.82, 2.24) is 5.32 Å². The maximum atomic E-state index is 5.73. The van der Waals surface area contributed by atoms with Crippen molar-refractivity contribution in [2.24, 2.45) is 5.73 Å². The van der Waals surface area contributed by atoms with E-state index in [0.717, 1.165) is 5.56 Å². The number of hydrogen-bond acceptors (Lipinski definition) is 3. The summed E-state index contributed by atoms with van der Waals surface area (Å²) in [7, 11) is 0. The Morgan fingerprint density at radius 1 is 1.75 bits per heavy atom. The van der Waals surface area contributed by atoms with Crippen molar-refractivity contribution in [2.45, 2.75) is 19.5 Å². The Balaban J connectivity index is 2.38. The van der Waals surface area contributed by atoms with Gasteiger partial charge in [0.2, 0.25) is 0 Å². The lowest BCUT2D eigenvalue weighted by Crippen LogP contribution is -2.32. The largest absolute Gasteiger partial charge is 0.453 e. The van der Waals surface area contributed by atoms with Crippen LogP contribution in [0.1, 0.15) is 12.5 Å². The van der Waals surface area contributed by atoms with Gasteiger partial charge in [0.1, 0.15) is 0 Å². The predicted octanol–water partition coefficient (Wildman–Crippen LogP) is 1.37. The molecule has 0 amide bonds. The zero-order chi connectivity index (χ0) is 8.97. The van der Waals surface area contributed by atoms with E-state index in [9.17, 15) is 0 Å². The Labute approximate surface area is 76.9 Å². The lowest BCUT2D eigenvalue weighted by atomic mass is 10.3. The number of nitrogens with two attached hydrogens (primary N) is 1. The first-order valence-corrected chi connectivity index (χ1v) is 4.27. The molecule has 0 radical (unpaired) electrons. The molecule has 4 heteroatoms. The summed E-state index contributed by atoms with van der Waals surface area (Å²) in [5.41, 5.74) is 6.40. The highest BCUT2D eigenvalue weighted by Crippen LogP contribution is 2.15. The van der Waals surface area contributed by atoms with Gasteiger partial charge in [-0.1, -0.05) is 0 Å². The average Bonchev–Trinajstić information content (AvgIpc) is 2.47. The third-order valence-electron chi connectivity index (χ3n) is 1.69. The highest BCUT2D eigenvalue weighted by Gasteiger charge is 2.04. The molecule has 0 aliphatic carbocycles. The van der Waals surface area contributed by atoms with Crippen LogP contribution in [0.15, 0.2) is 16.7 Å². The molecule has 0 aliphatic heterocycles. The molecule has 0 spiro atoms. The second kappa shape index (κ2) is 4.50. The summed E-state index contributed by atoms with van der Waals surface area (Å²) in [6, 6.07) is 2.15. The molecule has 3 N–H and O–H groups in total. The van der Waals surface area contributed by atoms with Crippen molar-refractivity contribution in [3.63, 3.8) is 0 Å². The fraction of sp³-hybridized carbons (Fsp3) is 0.500. The van der Waals surface area contributed by atoms with E-state index in [-0.39, 0.29) is 0 Å². The Morgan fingerprint density at radius 3 is 3.00 bits per heavy atom. The average molecular weight is 189 g/mol. The van der Waals surface area contributed by atoms with Crippen LogP contribution >= 0.6 is 11.6 Å². The third-order valence-corrected chi connectivity index (χ3v) is 2.02. The second-order valence-corrected chi connectivity index (χ2v) is 3.08. The van der Waals surface area contributed by atoms with Crippen LogP contribution in [0, 0.1) is 0 Å². The van der Waals surface area contributed by atoms with Gasteiger partial charge in [-0.15, -0.1) is 0 Å². The molecule has 0 aromatic carbocycles. The van der Waals surface area contributed by atoms with Crippen molar-refractivity contribution in [3.05, 3.63) is 23.1 Å². The molecule has 0 bridgehead atoms. The maximum absolute atomic E-state index is 5.73. The minimum Gasteiger partial charge on any atom is -0.453 e. The van der Waals surface area contributed by atoms with E-state index >= 15 is 0 Å². The molecule has 0 saturated carbocycles. The van der Waals surface area contributed by atoms with Gasteiger partial charge in [0.05, 0.1) is 6.26 Å². The van der Waals surface area contributed by atoms with Crippen molar-refractivity contribution < 1.29 is 4.42 Å². The molecule has 1 rings (SSSR count). The van der Waals surface area contributed by atoms with Crippen molar-refractivity contribution in [1.29, 1.82) is 0 Å². The van der Waals surface area contributed by atoms with Gasteiger partial charge in [-0.3, -0.25) is 0 Å². The molecule has 3 nitrogen and oxygen atoms in total. The SMILES string of the molecule is C[C@@H](CN)NCc1ccoc1Cl. The summed E-state index contributed by atoms with van der Waals surface area (Å²) in [5.74, 6) is 0. The van der Waals surface area contributed by atoms with Gasteiger partial charge in [-0.05, 0) is 24.6 Å². The topological polar surface area (TPSA) is 51.2 Å². The van der Waals surface area contributed by atoms with Gasteiger partial charge in [0, 0.05) is 24.7 Å². The van der Waals surface area contributed by atoms with Crippen LogP contribution in [-0.2, 0) is 6.54 Å². The molecule has 1 aromatic heterocycles. The van der Waals surface area contributed by atoms with Gasteiger partial charge < -0.3 is 15.5 Å². The fourth-order valence-electron chi connectivity index (χ4n) is 0.813. The van der Waals surface area contributed by atoms with Gasteiger partial charge >= 0.3 is 0 Å². The molecular weight excluding hydrogens is 176 g/mol. The molecule has 12 heavy (non-hydrogen) atoms. The molecular formula is C8H13ClN2O. The summed E-state index contributed by atoms with van der Waals surface area (Å²) >= 11 is 5.73. The molecule has 1 heterocycles. The Bertz CT molecular complexity index is 237. The van der Waals surface area contributed by atoms with Crippen LogP contribution < -0.4 is 11.1 Å². The molecule has 0 fully saturated rings. The second-order valence-electron chi connectivity index (χ2n) is 2.74. The predicted molar refractivity (Wildman–Crippen MR) is 49.1 cm³/mol. The number of hydrogen-bond donors (Lipinski definition) is 2. The normalized spacial score (nSPS) is 13.2. The minimum atomic E-state index is 0.302. The summed E-state index contributed by atoms with van der Waals surface area (Å²) in [4.78, 5) is 0. The highest BCUT2D eigenvalue weighted by molar-refractivity contribution is 6.29. The van der Waals surface area contributed by atoms with Crippen LogP contribution in [-0.4, -0.2) is 12.6 Å². The van der Waals surface area contributed by atoms with E-state index in [1.165, 1.54) is 0 Å². The molecule has 1 atom stereocenters. The van der Waals surface area contributed by atoms with Crippen LogP contribution in [0.5, 0.6) is 0 Å². The number of halogens is 1. The summed E-state index contributed by atoms with van der Waals surface area (Å²) in [6.07, 6.45) is 1.58. The van der Waals surface area contributed by atoms with Gasteiger partial charge in [-0.25, -0.2) is 0 Å². The molecule has 0 aliphatic rings. The lowest BCUT2D eigenvalue weighted by molar-refractivity contribution is 0.540. The lowest BCUT2D eigenvalue weighted by Gasteiger charge is -2.09. The highest BCUT2D eigenvalue weighted by atomic mass is 35.5. The quantitative estimate of drug-likeness (QED) is 0.751. The third kappa shape index (κ3) is 2.52. The van der Waals surface area contributed by atoms with Crippen LogP contribution in [0.25, 0.3) is 0 Å². The Hall–Kier alpha value is -0.510. The molecule has 68 valence electrons. The smallest absolute Gasteiger partial charge is 0.197 e. The number of rotatable bonds is 4. The fourth-order valence-corrected chi connectivity index (χ4v) is 0.994. The summed E-state index contributed by atoms with van der Waals surface area (Å²) in [6.45, 7) is 3.34. The number of furan rings is 1. The monoisotopic (exact) mass is 188 g/mol. The van der Waals surface area contributed by atoms with Crippen molar-refractivity contribution in [3.8, 4) is 0 Å². The van der Waals surface area contributed by atoms with E-state index in [1.54, 1.807) is 6.26 Å². The van der Waals surface area contributed by atoms with Gasteiger partial charge in [0.25, 0.3) is 0 Å². The summed E-state index contributed by atoms with van der Waals surface area (Å²) in [5, 5.41) is 3.66. The van der Waals surface area contributed by atoms with E-state index in [0.29, 0.717) is 24.4 Å². The van der Waals surface area contributed by atoms with Gasteiger partial charge in [0.15, 0.2) is 5.22 Å². The summed E-state index contributed by atoms with van der Waals surface area (Å²) < 4.78 is 4.92. The Kier molecular flexibility index (Phi) is 3.59. The maximum Gasteiger partial charge on any atom is 0.197 e. The zero-order valence-electron chi connectivity index (χ0n) is 7.01.